The molecule has 2 aliphatic rings. The van der Waals surface area contributed by atoms with E-state index in [0.29, 0.717) is 32.5 Å². The number of carbonyl (C=O) groups is 2. The molecule has 142 valence electrons. The standard InChI is InChI=1S/C20H24N4O3/c25-19(26)14-9-11-23(12-10-14)20(27)21-13-17-16-7-4-8-18(16)24(22-17)15-5-2-1-3-6-15/h1-3,5-6,14H,4,7-13H2,(H,21,27)(H,25,26). The Hall–Kier alpha value is -2.83. The van der Waals surface area contributed by atoms with Gasteiger partial charge in [-0.1, -0.05) is 18.2 Å². The molecular formula is C20H24N4O3. The number of aliphatic carboxylic acids is 1. The number of hydrogen-bond acceptors (Lipinski definition) is 3. The van der Waals surface area contributed by atoms with Crippen molar-refractivity contribution in [1.29, 1.82) is 0 Å². The largest absolute Gasteiger partial charge is 0.481 e. The molecule has 0 radical (unpaired) electrons. The fourth-order valence-corrected chi connectivity index (χ4v) is 4.04. The van der Waals surface area contributed by atoms with E-state index < -0.39 is 5.97 Å². The van der Waals surface area contributed by atoms with Gasteiger partial charge in [-0.15, -0.1) is 0 Å². The van der Waals surface area contributed by atoms with Gasteiger partial charge in [-0.25, -0.2) is 9.48 Å². The topological polar surface area (TPSA) is 87.5 Å². The number of nitrogens with zero attached hydrogens (tertiary/aromatic N) is 3. The highest BCUT2D eigenvalue weighted by molar-refractivity contribution is 5.75. The predicted octanol–water partition coefficient (Wildman–Crippen LogP) is 2.37. The Balaban J connectivity index is 1.42. The van der Waals surface area contributed by atoms with Gasteiger partial charge in [0.05, 0.1) is 23.8 Å². The van der Waals surface area contributed by atoms with E-state index in [1.54, 1.807) is 4.90 Å². The van der Waals surface area contributed by atoms with Crippen molar-refractivity contribution in [2.24, 2.45) is 5.92 Å². The molecule has 1 aliphatic heterocycles. The SMILES string of the molecule is O=C(O)C1CCN(C(=O)NCc2nn(-c3ccccc3)c3c2CCC3)CC1. The smallest absolute Gasteiger partial charge is 0.317 e. The van der Waals surface area contributed by atoms with E-state index in [1.165, 1.54) is 11.3 Å². The fraction of sp³-hybridized carbons (Fsp3) is 0.450. The third-order valence-electron chi connectivity index (χ3n) is 5.55. The fourth-order valence-electron chi connectivity index (χ4n) is 4.04. The number of urea groups is 1. The van der Waals surface area contributed by atoms with Crippen LogP contribution in [0.15, 0.2) is 30.3 Å². The van der Waals surface area contributed by atoms with Crippen LogP contribution in [0.3, 0.4) is 0 Å². The molecule has 1 aliphatic carbocycles. The van der Waals surface area contributed by atoms with Gasteiger partial charge in [-0.2, -0.15) is 5.10 Å². The lowest BCUT2D eigenvalue weighted by Crippen LogP contribution is -2.45. The van der Waals surface area contributed by atoms with Gasteiger partial charge in [0, 0.05) is 18.8 Å². The average molecular weight is 368 g/mol. The summed E-state index contributed by atoms with van der Waals surface area (Å²) in [5, 5.41) is 16.8. The van der Waals surface area contributed by atoms with Gasteiger partial charge in [0.25, 0.3) is 0 Å². The second kappa shape index (κ2) is 7.42. The summed E-state index contributed by atoms with van der Waals surface area (Å²) in [6.45, 7) is 1.37. The van der Waals surface area contributed by atoms with Gasteiger partial charge in [-0.3, -0.25) is 4.79 Å². The zero-order valence-corrected chi connectivity index (χ0v) is 15.2. The van der Waals surface area contributed by atoms with Crippen LogP contribution in [0.5, 0.6) is 0 Å². The van der Waals surface area contributed by atoms with Crippen molar-refractivity contribution in [3.05, 3.63) is 47.3 Å². The Labute approximate surface area is 158 Å². The number of aromatic nitrogens is 2. The Morgan fingerprint density at radius 1 is 1.15 bits per heavy atom. The molecule has 2 N–H and O–H groups in total. The quantitative estimate of drug-likeness (QED) is 0.867. The second-order valence-corrected chi connectivity index (χ2v) is 7.23. The molecular weight excluding hydrogens is 344 g/mol. The number of rotatable bonds is 4. The van der Waals surface area contributed by atoms with Crippen molar-refractivity contribution < 1.29 is 14.7 Å². The molecule has 7 heteroatoms. The lowest BCUT2D eigenvalue weighted by molar-refractivity contribution is -0.143. The molecule has 4 rings (SSSR count). The van der Waals surface area contributed by atoms with E-state index in [1.807, 2.05) is 35.0 Å². The Kier molecular flexibility index (Phi) is 4.83. The lowest BCUT2D eigenvalue weighted by Gasteiger charge is -2.30. The van der Waals surface area contributed by atoms with Crippen LogP contribution in [-0.2, 0) is 24.2 Å². The van der Waals surface area contributed by atoms with Gasteiger partial charge in [-0.05, 0) is 49.8 Å². The first kappa shape index (κ1) is 17.6. The molecule has 2 amide bonds. The molecule has 1 saturated heterocycles. The summed E-state index contributed by atoms with van der Waals surface area (Å²) >= 11 is 0. The molecule has 0 atom stereocenters. The molecule has 27 heavy (non-hydrogen) atoms. The number of piperidine rings is 1. The predicted molar refractivity (Wildman–Crippen MR) is 99.8 cm³/mol. The molecule has 0 saturated carbocycles. The molecule has 2 heterocycles. The van der Waals surface area contributed by atoms with Crippen molar-refractivity contribution in [3.8, 4) is 5.69 Å². The average Bonchev–Trinajstić information content (AvgIpc) is 3.30. The van der Waals surface area contributed by atoms with Crippen LogP contribution in [0.4, 0.5) is 4.79 Å². The highest BCUT2D eigenvalue weighted by Gasteiger charge is 2.28. The van der Waals surface area contributed by atoms with Crippen LogP contribution >= 0.6 is 0 Å². The number of benzene rings is 1. The number of amides is 2. The van der Waals surface area contributed by atoms with E-state index in [-0.39, 0.29) is 11.9 Å². The maximum atomic E-state index is 12.5. The first-order chi connectivity index (χ1) is 13.1. The highest BCUT2D eigenvalue weighted by atomic mass is 16.4. The van der Waals surface area contributed by atoms with E-state index in [0.717, 1.165) is 30.6 Å². The summed E-state index contributed by atoms with van der Waals surface area (Å²) in [6, 6.07) is 9.93. The summed E-state index contributed by atoms with van der Waals surface area (Å²) in [4.78, 5) is 25.2. The summed E-state index contributed by atoms with van der Waals surface area (Å²) in [5.74, 6) is -1.10. The Morgan fingerprint density at radius 3 is 2.59 bits per heavy atom. The number of nitrogens with one attached hydrogen (secondary N) is 1. The maximum Gasteiger partial charge on any atom is 0.317 e. The van der Waals surface area contributed by atoms with E-state index >= 15 is 0 Å². The monoisotopic (exact) mass is 368 g/mol. The number of carbonyl (C=O) groups excluding carboxylic acids is 1. The third kappa shape index (κ3) is 3.54. The molecule has 1 aromatic carbocycles. The van der Waals surface area contributed by atoms with Gasteiger partial charge >= 0.3 is 12.0 Å². The first-order valence-corrected chi connectivity index (χ1v) is 9.54. The minimum Gasteiger partial charge on any atom is -0.481 e. The number of fused-ring (bicyclic) bond motifs is 1. The van der Waals surface area contributed by atoms with Gasteiger partial charge < -0.3 is 15.3 Å². The summed E-state index contributed by atoms with van der Waals surface area (Å²) < 4.78 is 2.00. The molecule has 0 spiro atoms. The lowest BCUT2D eigenvalue weighted by atomic mass is 9.97. The normalized spacial score (nSPS) is 17.0. The Morgan fingerprint density at radius 2 is 1.89 bits per heavy atom. The van der Waals surface area contributed by atoms with Crippen LogP contribution in [0.2, 0.25) is 0 Å². The van der Waals surface area contributed by atoms with Crippen molar-refractivity contribution in [2.45, 2.75) is 38.6 Å². The summed E-state index contributed by atoms with van der Waals surface area (Å²) in [5.41, 5.74) is 4.47. The van der Waals surface area contributed by atoms with E-state index in [9.17, 15) is 9.59 Å². The molecule has 0 bridgehead atoms. The molecule has 7 nitrogen and oxygen atoms in total. The highest BCUT2D eigenvalue weighted by Crippen LogP contribution is 2.27. The summed E-state index contributed by atoms with van der Waals surface area (Å²) in [7, 11) is 0. The van der Waals surface area contributed by atoms with Crippen molar-refractivity contribution >= 4 is 12.0 Å². The van der Waals surface area contributed by atoms with Crippen LogP contribution in [0.25, 0.3) is 5.69 Å². The van der Waals surface area contributed by atoms with E-state index in [2.05, 4.69) is 5.32 Å². The zero-order valence-electron chi connectivity index (χ0n) is 15.2. The first-order valence-electron chi connectivity index (χ1n) is 9.54. The molecule has 2 aromatic rings. The van der Waals surface area contributed by atoms with Crippen molar-refractivity contribution in [1.82, 2.24) is 20.0 Å². The number of likely N-dealkylation sites (tertiary alicyclic amines) is 1. The number of para-hydroxylation sites is 1. The number of hydrogen-bond donors (Lipinski definition) is 2. The second-order valence-electron chi connectivity index (χ2n) is 7.23. The Bertz CT molecular complexity index is 838. The van der Waals surface area contributed by atoms with Gasteiger partial charge in [0.15, 0.2) is 0 Å². The third-order valence-corrected chi connectivity index (χ3v) is 5.55. The molecule has 1 aromatic heterocycles. The van der Waals surface area contributed by atoms with Gasteiger partial charge in [0.2, 0.25) is 0 Å². The minimum absolute atomic E-state index is 0.139. The van der Waals surface area contributed by atoms with Crippen LogP contribution in [-0.4, -0.2) is 44.9 Å². The molecule has 0 unspecified atom stereocenters. The minimum atomic E-state index is -0.767. The van der Waals surface area contributed by atoms with Crippen molar-refractivity contribution in [2.75, 3.05) is 13.1 Å². The van der Waals surface area contributed by atoms with Gasteiger partial charge in [0.1, 0.15) is 0 Å². The maximum absolute atomic E-state index is 12.5. The summed E-state index contributed by atoms with van der Waals surface area (Å²) in [6.07, 6.45) is 4.15. The van der Waals surface area contributed by atoms with Crippen molar-refractivity contribution in [3.63, 3.8) is 0 Å². The zero-order chi connectivity index (χ0) is 18.8. The molecule has 1 fully saturated rings. The van der Waals surface area contributed by atoms with Crippen LogP contribution < -0.4 is 5.32 Å². The van der Waals surface area contributed by atoms with Crippen LogP contribution in [0, 0.1) is 5.92 Å². The number of carboxylic acids is 1. The number of carboxylic acid groups (broad SMARTS) is 1. The van der Waals surface area contributed by atoms with E-state index in [4.69, 9.17) is 10.2 Å². The van der Waals surface area contributed by atoms with Crippen LogP contribution in [0.1, 0.15) is 36.2 Å².